The van der Waals surface area contributed by atoms with Crippen LogP contribution < -0.4 is 20.9 Å². The first-order valence-corrected chi connectivity index (χ1v) is 13.6. The molecule has 234 valence electrons. The number of nitrogens with two attached hydrogens (primary N) is 2. The maximum absolute atomic E-state index is 13.2. The molecule has 4 aromatic rings. The van der Waals surface area contributed by atoms with Gasteiger partial charge in [0.25, 0.3) is 0 Å². The van der Waals surface area contributed by atoms with Crippen LogP contribution in [0.3, 0.4) is 0 Å². The molecule has 0 bridgehead atoms. The van der Waals surface area contributed by atoms with Gasteiger partial charge in [-0.2, -0.15) is 0 Å². The van der Waals surface area contributed by atoms with E-state index in [4.69, 9.17) is 35.2 Å². The third-order valence-electron chi connectivity index (χ3n) is 6.13. The molecule has 0 aliphatic carbocycles. The zero-order valence-electron chi connectivity index (χ0n) is 24.5. The summed E-state index contributed by atoms with van der Waals surface area (Å²) < 4.78 is 26.1. The van der Waals surface area contributed by atoms with Crippen molar-refractivity contribution >= 4 is 47.3 Å². The number of carbonyl (C=O) groups is 5. The van der Waals surface area contributed by atoms with Gasteiger partial charge in [0.1, 0.15) is 35.8 Å². The molecule has 0 aliphatic rings. The van der Waals surface area contributed by atoms with Crippen molar-refractivity contribution in [1.82, 2.24) is 0 Å². The van der Waals surface area contributed by atoms with E-state index in [1.807, 2.05) is 18.2 Å². The summed E-state index contributed by atoms with van der Waals surface area (Å²) >= 11 is 0. The minimum absolute atomic E-state index is 0.0478. The predicted octanol–water partition coefficient (Wildman–Crippen LogP) is 4.49. The number of benzene rings is 4. The van der Waals surface area contributed by atoms with Crippen LogP contribution in [0.15, 0.2) is 97.1 Å². The topological polar surface area (TPSA) is 184 Å². The lowest BCUT2D eigenvalue weighted by molar-refractivity contribution is -0.138. The summed E-state index contributed by atoms with van der Waals surface area (Å²) in [6, 6.07) is 22.8. The Kier molecular flexibility index (Phi) is 10.8. The molecule has 0 amide bonds. The number of hydrogen-bond acceptors (Lipinski definition) is 12. The van der Waals surface area contributed by atoms with Crippen LogP contribution in [0.5, 0.6) is 11.5 Å². The molecule has 4 rings (SSSR count). The number of hydrogen-bond donors (Lipinski definition) is 2. The maximum Gasteiger partial charge on any atom is 0.343 e. The number of rotatable bonds is 11. The molecule has 0 unspecified atom stereocenters. The van der Waals surface area contributed by atoms with Crippen LogP contribution in [-0.2, 0) is 19.0 Å². The summed E-state index contributed by atoms with van der Waals surface area (Å²) in [6.45, 7) is -0.691. The van der Waals surface area contributed by atoms with Crippen molar-refractivity contribution < 1.29 is 47.7 Å². The molecule has 0 heterocycles. The molecule has 0 aromatic heterocycles. The Morgan fingerprint density at radius 2 is 1.13 bits per heavy atom. The molecule has 12 heteroatoms. The Labute approximate surface area is 263 Å². The molecule has 0 fully saturated rings. The van der Waals surface area contributed by atoms with Crippen LogP contribution in [0.2, 0.25) is 0 Å². The van der Waals surface area contributed by atoms with Gasteiger partial charge in [-0.3, -0.25) is 0 Å². The lowest BCUT2D eigenvalue weighted by Gasteiger charge is -2.15. The second kappa shape index (κ2) is 15.3. The third kappa shape index (κ3) is 8.80. The zero-order chi connectivity index (χ0) is 33.1. The van der Waals surface area contributed by atoms with Gasteiger partial charge in [-0.1, -0.05) is 42.5 Å². The molecule has 4 aromatic carbocycles. The smallest absolute Gasteiger partial charge is 0.343 e. The monoisotopic (exact) mass is 624 g/mol. The minimum atomic E-state index is -1.05. The molecule has 0 aliphatic heterocycles. The average Bonchev–Trinajstić information content (AvgIpc) is 3.06. The fraction of sp³-hybridized carbons (Fsp3) is 0.0882. The van der Waals surface area contributed by atoms with Gasteiger partial charge >= 0.3 is 29.8 Å². The van der Waals surface area contributed by atoms with Crippen molar-refractivity contribution in [3.8, 4) is 11.5 Å². The SMILES string of the molecule is COC(=O)c1cc(OC(=O)c2cccc(N)c2)c(C(=O)OCCOC(=O)C=Cc2ccccc2)cc1OC(=O)c1cccc(N)c1. The van der Waals surface area contributed by atoms with E-state index >= 15 is 0 Å². The van der Waals surface area contributed by atoms with Crippen molar-refractivity contribution in [3.05, 3.63) is 125 Å². The summed E-state index contributed by atoms with van der Waals surface area (Å²) in [5, 5.41) is 0. The van der Waals surface area contributed by atoms with E-state index in [0.29, 0.717) is 0 Å². The van der Waals surface area contributed by atoms with Crippen LogP contribution in [0.4, 0.5) is 11.4 Å². The number of esters is 5. The normalized spacial score (nSPS) is 10.5. The van der Waals surface area contributed by atoms with Gasteiger partial charge in [0.15, 0.2) is 0 Å². The van der Waals surface area contributed by atoms with E-state index in [-0.39, 0.29) is 41.3 Å². The van der Waals surface area contributed by atoms with Crippen LogP contribution in [0.1, 0.15) is 47.0 Å². The first-order valence-electron chi connectivity index (χ1n) is 13.6. The molecular formula is C34H28N2O10. The third-order valence-corrected chi connectivity index (χ3v) is 6.13. The summed E-state index contributed by atoms with van der Waals surface area (Å²) in [5.41, 5.74) is 12.3. The first-order chi connectivity index (χ1) is 22.1. The number of nitrogen functional groups attached to an aromatic ring is 2. The van der Waals surface area contributed by atoms with E-state index in [2.05, 4.69) is 0 Å². The molecular weight excluding hydrogens is 596 g/mol. The van der Waals surface area contributed by atoms with Gasteiger partial charge < -0.3 is 35.2 Å². The molecule has 12 nitrogen and oxygen atoms in total. The van der Waals surface area contributed by atoms with Crippen LogP contribution in [0, 0.1) is 0 Å². The highest BCUT2D eigenvalue weighted by Gasteiger charge is 2.26. The van der Waals surface area contributed by atoms with Crippen molar-refractivity contribution in [2.45, 2.75) is 0 Å². The predicted molar refractivity (Wildman–Crippen MR) is 166 cm³/mol. The van der Waals surface area contributed by atoms with Gasteiger partial charge in [-0.15, -0.1) is 0 Å². The Morgan fingerprint density at radius 3 is 1.65 bits per heavy atom. The number of carbonyl (C=O) groups excluding carboxylic acids is 5. The van der Waals surface area contributed by atoms with E-state index in [1.165, 1.54) is 42.5 Å². The molecule has 4 N–H and O–H groups in total. The summed E-state index contributed by atoms with van der Waals surface area (Å²) in [5.74, 6) is -5.32. The Morgan fingerprint density at radius 1 is 0.609 bits per heavy atom. The largest absolute Gasteiger partial charge is 0.465 e. The summed E-state index contributed by atoms with van der Waals surface area (Å²) in [4.78, 5) is 63.9. The van der Waals surface area contributed by atoms with Gasteiger partial charge in [0.2, 0.25) is 0 Å². The van der Waals surface area contributed by atoms with Gasteiger partial charge in [0.05, 0.1) is 18.2 Å². The first kappa shape index (κ1) is 32.5. The van der Waals surface area contributed by atoms with Crippen molar-refractivity contribution in [3.63, 3.8) is 0 Å². The quantitative estimate of drug-likeness (QED) is 0.0596. The molecule has 0 atom stereocenters. The molecule has 0 radical (unpaired) electrons. The summed E-state index contributed by atoms with van der Waals surface area (Å²) in [6.07, 6.45) is 2.78. The fourth-order valence-electron chi connectivity index (χ4n) is 3.94. The fourth-order valence-corrected chi connectivity index (χ4v) is 3.94. The lowest BCUT2D eigenvalue weighted by Crippen LogP contribution is -2.18. The maximum atomic E-state index is 13.2. The highest BCUT2D eigenvalue weighted by molar-refractivity contribution is 6.02. The van der Waals surface area contributed by atoms with Crippen molar-refractivity contribution in [2.24, 2.45) is 0 Å². The molecule has 46 heavy (non-hydrogen) atoms. The van der Waals surface area contributed by atoms with Gasteiger partial charge in [-0.05, 0) is 48.0 Å². The van der Waals surface area contributed by atoms with Gasteiger partial charge in [-0.25, -0.2) is 24.0 Å². The second-order valence-electron chi connectivity index (χ2n) is 9.41. The standard InChI is InChI=1S/C34H28N2O10/c1-42-33(40)26-19-29(46-32(39)23-10-6-12-25(36)18-23)27(20-28(26)45-31(38)22-9-5-11-24(35)17-22)34(41)44-16-15-43-30(37)14-13-21-7-3-2-4-8-21/h2-14,17-20H,15-16,35-36H2,1H3. The number of methoxy groups -OCH3 is 1. The van der Waals surface area contributed by atoms with Crippen LogP contribution in [0.25, 0.3) is 6.08 Å². The van der Waals surface area contributed by atoms with Crippen LogP contribution in [-0.4, -0.2) is 50.2 Å². The van der Waals surface area contributed by atoms with E-state index in [1.54, 1.807) is 30.3 Å². The Bertz CT molecular complexity index is 1800. The van der Waals surface area contributed by atoms with Crippen molar-refractivity contribution in [2.75, 3.05) is 31.8 Å². The van der Waals surface area contributed by atoms with E-state index in [0.717, 1.165) is 24.8 Å². The average molecular weight is 625 g/mol. The number of anilines is 2. The molecule has 0 saturated heterocycles. The highest BCUT2D eigenvalue weighted by atomic mass is 16.6. The highest BCUT2D eigenvalue weighted by Crippen LogP contribution is 2.32. The van der Waals surface area contributed by atoms with E-state index < -0.39 is 46.9 Å². The van der Waals surface area contributed by atoms with Crippen molar-refractivity contribution in [1.29, 1.82) is 0 Å². The van der Waals surface area contributed by atoms with Crippen LogP contribution >= 0.6 is 0 Å². The molecule has 0 spiro atoms. The van der Waals surface area contributed by atoms with E-state index in [9.17, 15) is 24.0 Å². The molecule has 0 saturated carbocycles. The second-order valence-corrected chi connectivity index (χ2v) is 9.41. The minimum Gasteiger partial charge on any atom is -0.465 e. The Hall–Kier alpha value is -6.43. The lowest BCUT2D eigenvalue weighted by atomic mass is 10.1. The summed E-state index contributed by atoms with van der Waals surface area (Å²) in [7, 11) is 1.09. The zero-order valence-corrected chi connectivity index (χ0v) is 24.5. The Balaban J connectivity index is 1.58. The van der Waals surface area contributed by atoms with Gasteiger partial charge in [0, 0.05) is 29.6 Å². The number of ether oxygens (including phenoxy) is 5.